The average molecular weight is 422 g/mol. The monoisotopic (exact) mass is 422 g/mol. The van der Waals surface area contributed by atoms with E-state index in [0.717, 1.165) is 35.7 Å². The minimum atomic E-state index is 0.269. The van der Waals surface area contributed by atoms with Gasteiger partial charge in [-0.05, 0) is 53.1 Å². The minimum absolute atomic E-state index is 0.269. The summed E-state index contributed by atoms with van der Waals surface area (Å²) in [6, 6.07) is 14.1. The van der Waals surface area contributed by atoms with E-state index in [9.17, 15) is 0 Å². The van der Waals surface area contributed by atoms with Crippen LogP contribution < -0.4 is 23.7 Å². The van der Waals surface area contributed by atoms with Gasteiger partial charge in [-0.2, -0.15) is 0 Å². The highest BCUT2D eigenvalue weighted by Crippen LogP contribution is 2.39. The summed E-state index contributed by atoms with van der Waals surface area (Å²) in [6.45, 7) is 2.45. The van der Waals surface area contributed by atoms with Crippen molar-refractivity contribution in [2.45, 2.75) is 19.6 Å². The second-order valence-electron chi connectivity index (χ2n) is 7.22. The first kappa shape index (κ1) is 20.8. The van der Waals surface area contributed by atoms with Crippen molar-refractivity contribution >= 4 is 0 Å². The second-order valence-corrected chi connectivity index (χ2v) is 7.22. The van der Waals surface area contributed by atoms with Gasteiger partial charge in [-0.15, -0.1) is 0 Å². The predicted octanol–water partition coefficient (Wildman–Crippen LogP) is 4.04. The molecule has 7 nitrogen and oxygen atoms in total. The van der Waals surface area contributed by atoms with Crippen molar-refractivity contribution in [3.63, 3.8) is 0 Å². The van der Waals surface area contributed by atoms with E-state index in [1.165, 1.54) is 5.56 Å². The van der Waals surface area contributed by atoms with Crippen LogP contribution in [-0.2, 0) is 19.6 Å². The Balaban J connectivity index is 1.61. The summed E-state index contributed by atoms with van der Waals surface area (Å²) in [6.07, 6.45) is 3.63. The van der Waals surface area contributed by atoms with Crippen molar-refractivity contribution < 1.29 is 23.7 Å². The maximum absolute atomic E-state index is 5.55. The topological polar surface area (TPSA) is 62.3 Å². The summed E-state index contributed by atoms with van der Waals surface area (Å²) in [5.74, 6) is 3.45. The van der Waals surface area contributed by atoms with Crippen molar-refractivity contribution in [1.82, 2.24) is 9.88 Å². The first-order valence-electron chi connectivity index (χ1n) is 9.99. The maximum atomic E-state index is 5.55. The summed E-state index contributed by atoms with van der Waals surface area (Å²) in [4.78, 5) is 6.47. The summed E-state index contributed by atoms with van der Waals surface area (Å²) in [7, 11) is 4.86. The lowest BCUT2D eigenvalue weighted by molar-refractivity contribution is 0.174. The number of ether oxygens (including phenoxy) is 5. The number of fused-ring (bicyclic) bond motifs is 1. The van der Waals surface area contributed by atoms with Crippen LogP contribution in [0.25, 0.3) is 0 Å². The quantitative estimate of drug-likeness (QED) is 0.516. The van der Waals surface area contributed by atoms with E-state index >= 15 is 0 Å². The number of aromatic nitrogens is 1. The van der Waals surface area contributed by atoms with E-state index in [1.807, 2.05) is 48.8 Å². The maximum Gasteiger partial charge on any atom is 0.231 e. The van der Waals surface area contributed by atoms with Gasteiger partial charge in [-0.1, -0.05) is 6.07 Å². The highest BCUT2D eigenvalue weighted by Gasteiger charge is 2.18. The zero-order valence-electron chi connectivity index (χ0n) is 18.0. The Morgan fingerprint density at radius 3 is 2.06 bits per heavy atom. The van der Waals surface area contributed by atoms with Gasteiger partial charge in [0, 0.05) is 32.0 Å². The molecule has 0 bridgehead atoms. The van der Waals surface area contributed by atoms with Crippen molar-refractivity contribution in [2.75, 3.05) is 28.1 Å². The summed E-state index contributed by atoms with van der Waals surface area (Å²) >= 11 is 0. The molecule has 0 radical (unpaired) electrons. The molecule has 2 aromatic carbocycles. The molecule has 1 aliphatic rings. The molecular weight excluding hydrogens is 396 g/mol. The first-order chi connectivity index (χ1) is 15.2. The third-order valence-electron chi connectivity index (χ3n) is 5.13. The Hall–Kier alpha value is -3.45. The molecule has 1 aromatic heterocycles. The van der Waals surface area contributed by atoms with Gasteiger partial charge in [0.15, 0.2) is 23.0 Å². The lowest BCUT2D eigenvalue weighted by Gasteiger charge is -2.24. The van der Waals surface area contributed by atoms with E-state index in [-0.39, 0.29) is 6.79 Å². The molecule has 162 valence electrons. The number of benzene rings is 2. The molecule has 7 heteroatoms. The van der Waals surface area contributed by atoms with Crippen molar-refractivity contribution in [3.8, 4) is 28.7 Å². The standard InChI is InChI=1S/C24H26N2O5/c1-27-22-11-19(12-23(28-2)24(22)29-3)15-26(13-17-6-8-25-9-7-17)14-18-4-5-20-21(10-18)31-16-30-20/h4-12H,13-16H2,1-3H3. The van der Waals surface area contributed by atoms with Gasteiger partial charge in [0.1, 0.15) is 0 Å². The molecule has 2 heterocycles. The van der Waals surface area contributed by atoms with Crippen LogP contribution in [0.15, 0.2) is 54.9 Å². The highest BCUT2D eigenvalue weighted by atomic mass is 16.7. The van der Waals surface area contributed by atoms with Crippen LogP contribution >= 0.6 is 0 Å². The second kappa shape index (κ2) is 9.57. The van der Waals surface area contributed by atoms with E-state index in [1.54, 1.807) is 21.3 Å². The molecule has 0 saturated heterocycles. The van der Waals surface area contributed by atoms with Crippen LogP contribution in [0.4, 0.5) is 0 Å². The van der Waals surface area contributed by atoms with Crippen LogP contribution in [0.1, 0.15) is 16.7 Å². The van der Waals surface area contributed by atoms with Gasteiger partial charge in [0.25, 0.3) is 0 Å². The molecule has 4 rings (SSSR count). The molecule has 1 aliphatic heterocycles. The molecule has 0 atom stereocenters. The first-order valence-corrected chi connectivity index (χ1v) is 9.99. The summed E-state index contributed by atoms with van der Waals surface area (Å²) in [5.41, 5.74) is 3.39. The molecule has 31 heavy (non-hydrogen) atoms. The number of pyridine rings is 1. The van der Waals surface area contributed by atoms with E-state index in [2.05, 4.69) is 16.0 Å². The summed E-state index contributed by atoms with van der Waals surface area (Å²) < 4.78 is 27.5. The average Bonchev–Trinajstić information content (AvgIpc) is 3.27. The Kier molecular flexibility index (Phi) is 6.43. The molecule has 0 spiro atoms. The van der Waals surface area contributed by atoms with E-state index in [0.29, 0.717) is 23.8 Å². The Morgan fingerprint density at radius 2 is 1.39 bits per heavy atom. The van der Waals surface area contributed by atoms with Crippen LogP contribution in [0, 0.1) is 0 Å². The minimum Gasteiger partial charge on any atom is -0.493 e. The third-order valence-corrected chi connectivity index (χ3v) is 5.13. The lowest BCUT2D eigenvalue weighted by atomic mass is 10.1. The zero-order chi connectivity index (χ0) is 21.6. The number of rotatable bonds is 9. The fraction of sp³-hybridized carbons (Fsp3) is 0.292. The Morgan fingerprint density at radius 1 is 0.742 bits per heavy atom. The normalized spacial score (nSPS) is 12.1. The lowest BCUT2D eigenvalue weighted by Crippen LogP contribution is -2.22. The number of methoxy groups -OCH3 is 3. The van der Waals surface area contributed by atoms with Gasteiger partial charge in [0.05, 0.1) is 21.3 Å². The molecule has 0 saturated carbocycles. The van der Waals surface area contributed by atoms with Gasteiger partial charge < -0.3 is 23.7 Å². The fourth-order valence-corrected chi connectivity index (χ4v) is 3.70. The molecule has 0 fully saturated rings. The van der Waals surface area contributed by atoms with Crippen LogP contribution in [0.2, 0.25) is 0 Å². The molecule has 0 unspecified atom stereocenters. The predicted molar refractivity (Wildman–Crippen MR) is 116 cm³/mol. The smallest absolute Gasteiger partial charge is 0.231 e. The molecule has 0 amide bonds. The molecule has 0 N–H and O–H groups in total. The number of hydrogen-bond donors (Lipinski definition) is 0. The number of nitrogens with zero attached hydrogens (tertiary/aromatic N) is 2. The summed E-state index contributed by atoms with van der Waals surface area (Å²) in [5, 5.41) is 0. The van der Waals surface area contributed by atoms with Crippen molar-refractivity contribution in [1.29, 1.82) is 0 Å². The Labute approximate surface area is 182 Å². The Bertz CT molecular complexity index is 1000. The van der Waals surface area contributed by atoms with Crippen molar-refractivity contribution in [3.05, 3.63) is 71.5 Å². The molecule has 3 aromatic rings. The van der Waals surface area contributed by atoms with Gasteiger partial charge in [-0.25, -0.2) is 0 Å². The van der Waals surface area contributed by atoms with Gasteiger partial charge >= 0.3 is 0 Å². The van der Waals surface area contributed by atoms with Crippen LogP contribution in [0.3, 0.4) is 0 Å². The largest absolute Gasteiger partial charge is 0.493 e. The van der Waals surface area contributed by atoms with Gasteiger partial charge in [0.2, 0.25) is 12.5 Å². The zero-order valence-corrected chi connectivity index (χ0v) is 18.0. The van der Waals surface area contributed by atoms with E-state index in [4.69, 9.17) is 23.7 Å². The van der Waals surface area contributed by atoms with Crippen LogP contribution in [0.5, 0.6) is 28.7 Å². The third kappa shape index (κ3) is 4.83. The fourth-order valence-electron chi connectivity index (χ4n) is 3.70. The van der Waals surface area contributed by atoms with Crippen molar-refractivity contribution in [2.24, 2.45) is 0 Å². The molecule has 0 aliphatic carbocycles. The SMILES string of the molecule is COc1cc(CN(Cc2ccncc2)Cc2ccc3c(c2)OCO3)cc(OC)c1OC. The van der Waals surface area contributed by atoms with Crippen LogP contribution in [-0.4, -0.2) is 38.0 Å². The highest BCUT2D eigenvalue weighted by molar-refractivity contribution is 5.54. The molecular formula is C24H26N2O5. The van der Waals surface area contributed by atoms with Gasteiger partial charge in [-0.3, -0.25) is 9.88 Å². The van der Waals surface area contributed by atoms with E-state index < -0.39 is 0 Å². The number of hydrogen-bond acceptors (Lipinski definition) is 7.